The van der Waals surface area contributed by atoms with E-state index in [0.29, 0.717) is 12.2 Å². The van der Waals surface area contributed by atoms with Crippen molar-refractivity contribution in [2.75, 3.05) is 6.61 Å². The number of unbranched alkanes of at least 4 members (excludes halogenated alkanes) is 3. The zero-order valence-electron chi connectivity index (χ0n) is 15.8. The monoisotopic (exact) mass is 512 g/mol. The van der Waals surface area contributed by atoms with Crippen LogP contribution in [0.3, 0.4) is 0 Å². The van der Waals surface area contributed by atoms with Gasteiger partial charge in [0.15, 0.2) is 0 Å². The molecule has 1 heterocycles. The van der Waals surface area contributed by atoms with E-state index in [1.54, 1.807) is 6.07 Å². The minimum absolute atomic E-state index is 0.260. The Labute approximate surface area is 183 Å². The van der Waals surface area contributed by atoms with Gasteiger partial charge in [-0.2, -0.15) is 0 Å². The number of carbonyl (C=O) groups is 1. The fourth-order valence-corrected chi connectivity index (χ4v) is 5.69. The second kappa shape index (κ2) is 11.2. The average Bonchev–Trinajstić information content (AvgIpc) is 2.95. The first-order valence-electron chi connectivity index (χ1n) is 9.21. The summed E-state index contributed by atoms with van der Waals surface area (Å²) < 4.78 is 7.07. The Morgan fingerprint density at radius 2 is 2.00 bits per heavy atom. The lowest BCUT2D eigenvalue weighted by molar-refractivity contribution is 0.0497. The highest BCUT2D eigenvalue weighted by Gasteiger charge is 2.14. The number of ether oxygens (including phenoxy) is 1. The Bertz CT molecular complexity index is 771. The van der Waals surface area contributed by atoms with Crippen LogP contribution in [0.15, 0.2) is 61.2 Å². The third-order valence-corrected chi connectivity index (χ3v) is 6.91. The molecule has 27 heavy (non-hydrogen) atoms. The molecule has 0 unspecified atom stereocenters. The maximum Gasteiger partial charge on any atom is 0.340 e. The molecule has 0 saturated carbocycles. The van der Waals surface area contributed by atoms with E-state index >= 15 is 0 Å². The summed E-state index contributed by atoms with van der Waals surface area (Å²) in [5.74, 6) is -0.260. The molecule has 0 amide bonds. The van der Waals surface area contributed by atoms with Gasteiger partial charge in [0.25, 0.3) is 0 Å². The van der Waals surface area contributed by atoms with Gasteiger partial charge < -0.3 is 4.74 Å². The Morgan fingerprint density at radius 1 is 1.26 bits per heavy atom. The summed E-state index contributed by atoms with van der Waals surface area (Å²) in [5.41, 5.74) is 5.70. The van der Waals surface area contributed by atoms with Gasteiger partial charge in [0.2, 0.25) is 0 Å². The van der Waals surface area contributed by atoms with Crippen LogP contribution in [-0.4, -0.2) is 12.6 Å². The Balaban J connectivity index is 1.54. The van der Waals surface area contributed by atoms with Gasteiger partial charge in [-0.25, -0.2) is 4.79 Å². The number of thiophene rings is 1. The molecule has 1 aromatic heterocycles. The van der Waals surface area contributed by atoms with E-state index in [1.165, 1.54) is 28.1 Å². The van der Waals surface area contributed by atoms with Gasteiger partial charge in [-0.3, -0.25) is 0 Å². The summed E-state index contributed by atoms with van der Waals surface area (Å²) in [7, 11) is 0. The van der Waals surface area contributed by atoms with Crippen molar-refractivity contribution in [1.82, 2.24) is 0 Å². The summed E-state index contributed by atoms with van der Waals surface area (Å²) in [6.45, 7) is 10.9. The lowest BCUT2D eigenvalue weighted by atomic mass is 9.91. The smallest absolute Gasteiger partial charge is 0.340 e. The van der Waals surface area contributed by atoms with Crippen molar-refractivity contribution in [2.24, 2.45) is 0 Å². The molecule has 0 radical (unpaired) electrons. The van der Waals surface area contributed by atoms with Crippen molar-refractivity contribution >= 4 is 49.2 Å². The minimum Gasteiger partial charge on any atom is -0.462 e. The Morgan fingerprint density at radius 3 is 2.67 bits per heavy atom. The Hall–Kier alpha value is -0.910. The van der Waals surface area contributed by atoms with Crippen LogP contribution in [0.1, 0.15) is 62.2 Å². The largest absolute Gasteiger partial charge is 0.462 e. The standard InChI is InChI=1S/C22H26Br2O2S/c1-15(12-18-10-9-16(2)17(3)13-18)8-6-4-5-7-11-26-22(25)19-14-20(23)27-21(19)24/h9,13-14H,1,3-8,10-12H2,2H3. The van der Waals surface area contributed by atoms with Crippen molar-refractivity contribution < 1.29 is 9.53 Å². The van der Waals surface area contributed by atoms with Crippen molar-refractivity contribution in [2.45, 2.75) is 51.9 Å². The molecular formula is C22H26Br2O2S. The second-order valence-corrected chi connectivity index (χ2v) is 10.6. The quantitative estimate of drug-likeness (QED) is 0.179. The molecule has 0 bridgehead atoms. The van der Waals surface area contributed by atoms with E-state index in [0.717, 1.165) is 58.1 Å². The first kappa shape index (κ1) is 22.4. The van der Waals surface area contributed by atoms with E-state index in [2.05, 4.69) is 64.1 Å². The molecular weight excluding hydrogens is 488 g/mol. The number of hydrogen-bond acceptors (Lipinski definition) is 3. The lowest BCUT2D eigenvalue weighted by Gasteiger charge is -2.14. The van der Waals surface area contributed by atoms with E-state index in [-0.39, 0.29) is 5.97 Å². The van der Waals surface area contributed by atoms with Crippen molar-refractivity contribution in [3.8, 4) is 0 Å². The maximum absolute atomic E-state index is 12.0. The van der Waals surface area contributed by atoms with Gasteiger partial charge in [-0.15, -0.1) is 11.3 Å². The molecule has 0 saturated heterocycles. The van der Waals surface area contributed by atoms with E-state index in [9.17, 15) is 4.79 Å². The topological polar surface area (TPSA) is 26.3 Å². The predicted octanol–water partition coefficient (Wildman–Crippen LogP) is 8.16. The zero-order valence-corrected chi connectivity index (χ0v) is 19.8. The van der Waals surface area contributed by atoms with Gasteiger partial charge >= 0.3 is 5.97 Å². The van der Waals surface area contributed by atoms with Crippen molar-refractivity contribution in [3.63, 3.8) is 0 Å². The van der Waals surface area contributed by atoms with Gasteiger partial charge in [0.05, 0.1) is 19.7 Å². The van der Waals surface area contributed by atoms with E-state index in [4.69, 9.17) is 4.74 Å². The SMILES string of the molecule is C=C(CCCCCCOC(=O)c1cc(Br)sc1Br)CC1=CC(=C)C(C)=CC1. The Kier molecular flexibility index (Phi) is 9.27. The van der Waals surface area contributed by atoms with Gasteiger partial charge in [0, 0.05) is 0 Å². The lowest BCUT2D eigenvalue weighted by Crippen LogP contribution is -2.05. The van der Waals surface area contributed by atoms with Crippen LogP contribution in [-0.2, 0) is 4.74 Å². The van der Waals surface area contributed by atoms with Gasteiger partial charge in [-0.1, -0.05) is 49.3 Å². The van der Waals surface area contributed by atoms with Crippen LogP contribution in [0.2, 0.25) is 0 Å². The number of halogens is 2. The predicted molar refractivity (Wildman–Crippen MR) is 122 cm³/mol. The van der Waals surface area contributed by atoms with Crippen LogP contribution in [0, 0.1) is 0 Å². The van der Waals surface area contributed by atoms with Crippen LogP contribution in [0.5, 0.6) is 0 Å². The highest BCUT2D eigenvalue weighted by molar-refractivity contribution is 9.12. The molecule has 1 aliphatic rings. The summed E-state index contributed by atoms with van der Waals surface area (Å²) >= 11 is 8.23. The zero-order chi connectivity index (χ0) is 19.8. The molecule has 0 aromatic carbocycles. The summed E-state index contributed by atoms with van der Waals surface area (Å²) in [6, 6.07) is 1.79. The number of hydrogen-bond donors (Lipinski definition) is 0. The number of esters is 1. The molecule has 5 heteroatoms. The number of rotatable bonds is 10. The first-order chi connectivity index (χ1) is 12.9. The molecule has 2 nitrogen and oxygen atoms in total. The first-order valence-corrected chi connectivity index (χ1v) is 11.6. The molecule has 146 valence electrons. The van der Waals surface area contributed by atoms with Crippen LogP contribution >= 0.6 is 43.2 Å². The number of allylic oxidation sites excluding steroid dienone is 6. The normalized spacial score (nSPS) is 14.0. The maximum atomic E-state index is 12.0. The van der Waals surface area contributed by atoms with Crippen molar-refractivity contribution in [1.29, 1.82) is 0 Å². The fraction of sp³-hybridized carbons (Fsp3) is 0.409. The minimum atomic E-state index is -0.260. The molecule has 2 rings (SSSR count). The molecule has 0 fully saturated rings. The highest BCUT2D eigenvalue weighted by Crippen LogP contribution is 2.32. The second-order valence-electron chi connectivity index (χ2n) is 6.88. The summed E-state index contributed by atoms with van der Waals surface area (Å²) in [6.07, 6.45) is 11.7. The number of carbonyl (C=O) groups excluding carboxylic acids is 1. The fourth-order valence-electron chi connectivity index (χ4n) is 2.92. The highest BCUT2D eigenvalue weighted by atomic mass is 79.9. The molecule has 0 atom stereocenters. The van der Waals surface area contributed by atoms with E-state index < -0.39 is 0 Å². The van der Waals surface area contributed by atoms with Crippen LogP contribution < -0.4 is 0 Å². The summed E-state index contributed by atoms with van der Waals surface area (Å²) in [4.78, 5) is 12.0. The van der Waals surface area contributed by atoms with E-state index in [1.807, 2.05) is 0 Å². The third-order valence-electron chi connectivity index (χ3n) is 4.57. The molecule has 0 aliphatic heterocycles. The van der Waals surface area contributed by atoms with Gasteiger partial charge in [0.1, 0.15) is 0 Å². The van der Waals surface area contributed by atoms with Crippen LogP contribution in [0.4, 0.5) is 0 Å². The third kappa shape index (κ3) is 7.55. The van der Waals surface area contributed by atoms with Crippen LogP contribution in [0.25, 0.3) is 0 Å². The van der Waals surface area contributed by atoms with Crippen molar-refractivity contribution in [3.05, 3.63) is 66.8 Å². The molecule has 0 N–H and O–H groups in total. The average molecular weight is 514 g/mol. The molecule has 1 aliphatic carbocycles. The summed E-state index contributed by atoms with van der Waals surface area (Å²) in [5, 5.41) is 0. The molecule has 0 spiro atoms. The van der Waals surface area contributed by atoms with Gasteiger partial charge in [-0.05, 0) is 88.1 Å². The molecule has 1 aromatic rings.